The van der Waals surface area contributed by atoms with E-state index in [0.29, 0.717) is 13.2 Å². The van der Waals surface area contributed by atoms with Gasteiger partial charge in [0.05, 0.1) is 13.2 Å². The summed E-state index contributed by atoms with van der Waals surface area (Å²) in [6.45, 7) is 5.32. The van der Waals surface area contributed by atoms with Crippen LogP contribution in [0.1, 0.15) is 5.56 Å². The summed E-state index contributed by atoms with van der Waals surface area (Å²) in [7, 11) is 0. The predicted octanol–water partition coefficient (Wildman–Crippen LogP) is 2.66. The van der Waals surface area contributed by atoms with Crippen molar-refractivity contribution >= 4 is 6.08 Å². The fourth-order valence-corrected chi connectivity index (χ4v) is 1.37. The molecule has 0 bridgehead atoms. The van der Waals surface area contributed by atoms with E-state index >= 15 is 0 Å². The third kappa shape index (κ3) is 1.87. The molecular weight excluding hydrogens is 160 g/mol. The van der Waals surface area contributed by atoms with Crippen LogP contribution >= 0.6 is 0 Å². The van der Waals surface area contributed by atoms with Gasteiger partial charge in [0.25, 0.3) is 0 Å². The quantitative estimate of drug-likeness (QED) is 0.632. The summed E-state index contributed by atoms with van der Waals surface area (Å²) in [5.41, 5.74) is 3.53. The molecule has 1 aliphatic heterocycles. The number of hydrogen-bond donors (Lipinski definition) is 0. The first kappa shape index (κ1) is 8.27. The molecule has 0 N–H and O–H groups in total. The second kappa shape index (κ2) is 3.58. The van der Waals surface area contributed by atoms with Crippen LogP contribution in [-0.2, 0) is 4.74 Å². The van der Waals surface area contributed by atoms with Gasteiger partial charge in [-0.25, -0.2) is 0 Å². The molecule has 0 atom stereocenters. The average molecular weight is 172 g/mol. The molecule has 1 aromatic rings. The molecule has 1 heterocycles. The molecular formula is C12H12O. The van der Waals surface area contributed by atoms with E-state index in [9.17, 15) is 0 Å². The Kier molecular flexibility index (Phi) is 2.28. The Labute approximate surface area is 78.3 Å². The molecule has 1 fully saturated rings. The average Bonchev–Trinajstić information content (AvgIpc) is 2.54. The number of ether oxygens (including phenoxy) is 1. The monoisotopic (exact) mass is 172 g/mol. The summed E-state index contributed by atoms with van der Waals surface area (Å²) in [6, 6.07) is 10.2. The smallest absolute Gasteiger partial charge is 0.0724 e. The Morgan fingerprint density at radius 2 is 1.92 bits per heavy atom. The van der Waals surface area contributed by atoms with Crippen LogP contribution in [0.15, 0.2) is 48.1 Å². The van der Waals surface area contributed by atoms with Crippen molar-refractivity contribution in [2.24, 2.45) is 0 Å². The standard InChI is InChI=1S/C12H12O/c1-10-8-13-9-12(10)7-11-5-3-2-4-6-11/h2-7H,1,8-9H2/b12-7+. The summed E-state index contributed by atoms with van der Waals surface area (Å²) in [5, 5.41) is 0. The van der Waals surface area contributed by atoms with Crippen molar-refractivity contribution in [3.63, 3.8) is 0 Å². The van der Waals surface area contributed by atoms with Gasteiger partial charge in [0, 0.05) is 0 Å². The van der Waals surface area contributed by atoms with Crippen LogP contribution in [0, 0.1) is 0 Å². The van der Waals surface area contributed by atoms with Gasteiger partial charge in [-0.05, 0) is 22.8 Å². The molecule has 0 aliphatic carbocycles. The molecule has 2 rings (SSSR count). The van der Waals surface area contributed by atoms with Crippen molar-refractivity contribution in [3.8, 4) is 0 Å². The van der Waals surface area contributed by atoms with Crippen LogP contribution in [0.5, 0.6) is 0 Å². The Morgan fingerprint density at radius 1 is 1.15 bits per heavy atom. The van der Waals surface area contributed by atoms with Crippen molar-refractivity contribution in [2.75, 3.05) is 13.2 Å². The van der Waals surface area contributed by atoms with E-state index in [0.717, 1.165) is 5.57 Å². The molecule has 1 nitrogen and oxygen atoms in total. The second-order valence-electron chi connectivity index (χ2n) is 3.18. The van der Waals surface area contributed by atoms with E-state index in [1.165, 1.54) is 11.1 Å². The molecule has 0 aromatic heterocycles. The van der Waals surface area contributed by atoms with Crippen LogP contribution in [0.3, 0.4) is 0 Å². The van der Waals surface area contributed by atoms with Crippen LogP contribution < -0.4 is 0 Å². The van der Waals surface area contributed by atoms with E-state index in [4.69, 9.17) is 4.74 Å². The number of hydrogen-bond acceptors (Lipinski definition) is 1. The molecule has 1 aromatic carbocycles. The molecule has 1 saturated heterocycles. The molecule has 13 heavy (non-hydrogen) atoms. The van der Waals surface area contributed by atoms with Gasteiger partial charge in [0.2, 0.25) is 0 Å². The first-order chi connectivity index (χ1) is 6.36. The minimum absolute atomic E-state index is 0.679. The van der Waals surface area contributed by atoms with Gasteiger partial charge in [0.1, 0.15) is 0 Å². The zero-order chi connectivity index (χ0) is 9.10. The van der Waals surface area contributed by atoms with Crippen LogP contribution in [0.4, 0.5) is 0 Å². The normalized spacial score (nSPS) is 19.7. The molecule has 66 valence electrons. The van der Waals surface area contributed by atoms with Gasteiger partial charge in [-0.3, -0.25) is 0 Å². The van der Waals surface area contributed by atoms with Crippen molar-refractivity contribution in [2.45, 2.75) is 0 Å². The van der Waals surface area contributed by atoms with E-state index in [2.05, 4.69) is 24.8 Å². The predicted molar refractivity (Wildman–Crippen MR) is 54.4 cm³/mol. The maximum Gasteiger partial charge on any atom is 0.0724 e. The van der Waals surface area contributed by atoms with E-state index in [-0.39, 0.29) is 0 Å². The highest BCUT2D eigenvalue weighted by Gasteiger charge is 2.10. The maximum atomic E-state index is 5.27. The van der Waals surface area contributed by atoms with Gasteiger partial charge in [-0.15, -0.1) is 0 Å². The molecule has 1 aliphatic rings. The van der Waals surface area contributed by atoms with E-state index in [1.54, 1.807) is 0 Å². The van der Waals surface area contributed by atoms with Gasteiger partial charge >= 0.3 is 0 Å². The lowest BCUT2D eigenvalue weighted by Gasteiger charge is -1.96. The van der Waals surface area contributed by atoms with Crippen molar-refractivity contribution < 1.29 is 4.74 Å². The number of rotatable bonds is 1. The van der Waals surface area contributed by atoms with E-state index < -0.39 is 0 Å². The first-order valence-electron chi connectivity index (χ1n) is 4.38. The van der Waals surface area contributed by atoms with Gasteiger partial charge in [-0.1, -0.05) is 36.9 Å². The summed E-state index contributed by atoms with van der Waals surface area (Å²) in [4.78, 5) is 0. The van der Waals surface area contributed by atoms with Crippen molar-refractivity contribution in [1.82, 2.24) is 0 Å². The molecule has 0 unspecified atom stereocenters. The highest BCUT2D eigenvalue weighted by atomic mass is 16.5. The fourth-order valence-electron chi connectivity index (χ4n) is 1.37. The third-order valence-electron chi connectivity index (χ3n) is 2.13. The zero-order valence-electron chi connectivity index (χ0n) is 7.49. The SMILES string of the molecule is C=C1COC/C1=C\c1ccccc1. The molecule has 0 spiro atoms. The molecule has 0 amide bonds. The highest BCUT2D eigenvalue weighted by Crippen LogP contribution is 2.19. The lowest BCUT2D eigenvalue weighted by Crippen LogP contribution is -1.82. The Morgan fingerprint density at radius 3 is 2.54 bits per heavy atom. The lowest BCUT2D eigenvalue weighted by atomic mass is 10.1. The second-order valence-corrected chi connectivity index (χ2v) is 3.18. The summed E-state index contributed by atoms with van der Waals surface area (Å²) in [5.74, 6) is 0. The summed E-state index contributed by atoms with van der Waals surface area (Å²) < 4.78 is 5.27. The Balaban J connectivity index is 2.25. The molecule has 1 heteroatoms. The topological polar surface area (TPSA) is 9.23 Å². The summed E-state index contributed by atoms with van der Waals surface area (Å²) in [6.07, 6.45) is 2.13. The minimum Gasteiger partial charge on any atom is -0.372 e. The molecule has 0 saturated carbocycles. The first-order valence-corrected chi connectivity index (χ1v) is 4.38. The minimum atomic E-state index is 0.679. The maximum absolute atomic E-state index is 5.27. The summed E-state index contributed by atoms with van der Waals surface area (Å²) >= 11 is 0. The van der Waals surface area contributed by atoms with Crippen molar-refractivity contribution in [3.05, 3.63) is 53.6 Å². The van der Waals surface area contributed by atoms with Gasteiger partial charge in [-0.2, -0.15) is 0 Å². The van der Waals surface area contributed by atoms with Crippen LogP contribution in [0.25, 0.3) is 6.08 Å². The Bertz CT molecular complexity index is 335. The fraction of sp³-hybridized carbons (Fsp3) is 0.167. The van der Waals surface area contributed by atoms with Crippen LogP contribution in [-0.4, -0.2) is 13.2 Å². The number of benzene rings is 1. The third-order valence-corrected chi connectivity index (χ3v) is 2.13. The van der Waals surface area contributed by atoms with Gasteiger partial charge in [0.15, 0.2) is 0 Å². The highest BCUT2D eigenvalue weighted by molar-refractivity contribution is 5.59. The lowest BCUT2D eigenvalue weighted by molar-refractivity contribution is 0.215. The van der Waals surface area contributed by atoms with Gasteiger partial charge < -0.3 is 4.74 Å². The zero-order valence-corrected chi connectivity index (χ0v) is 7.49. The Hall–Kier alpha value is -1.34. The molecule has 0 radical (unpaired) electrons. The van der Waals surface area contributed by atoms with Crippen LogP contribution in [0.2, 0.25) is 0 Å². The largest absolute Gasteiger partial charge is 0.372 e. The van der Waals surface area contributed by atoms with E-state index in [1.807, 2.05) is 18.2 Å². The van der Waals surface area contributed by atoms with Crippen molar-refractivity contribution in [1.29, 1.82) is 0 Å².